The maximum Gasteiger partial charge on any atom is 0.123 e. The monoisotopic (exact) mass is 249 g/mol. The summed E-state index contributed by atoms with van der Waals surface area (Å²) in [6.07, 6.45) is 3.49. The molecule has 15 heavy (non-hydrogen) atoms. The van der Waals surface area contributed by atoms with Gasteiger partial charge in [0, 0.05) is 11.1 Å². The Labute approximate surface area is 100 Å². The maximum absolute atomic E-state index is 13.0. The largest absolute Gasteiger partial charge is 0.324 e. The third-order valence-electron chi connectivity index (χ3n) is 2.97. The normalized spacial score (nSPS) is 17.8. The molecule has 0 radical (unpaired) electrons. The van der Waals surface area contributed by atoms with Crippen LogP contribution < -0.4 is 5.73 Å². The Morgan fingerprint density at radius 3 is 2.60 bits per heavy atom. The fourth-order valence-electron chi connectivity index (χ4n) is 1.82. The van der Waals surface area contributed by atoms with Gasteiger partial charge in [0.1, 0.15) is 5.82 Å². The van der Waals surface area contributed by atoms with E-state index in [1.165, 1.54) is 18.6 Å². The first kappa shape index (κ1) is 12.8. The topological polar surface area (TPSA) is 26.0 Å². The van der Waals surface area contributed by atoms with Crippen molar-refractivity contribution in [3.8, 4) is 0 Å². The molecule has 0 heterocycles. The van der Waals surface area contributed by atoms with Crippen molar-refractivity contribution in [2.75, 3.05) is 0 Å². The molecule has 1 saturated carbocycles. The standard InChI is InChI=1S/C11H13ClFN.ClH/c12-10-5-4-8(13)6-9(10)11(14)7-2-1-3-7;/h4-7,11H,1-3,14H2;1H/t11-;/m1./s1. The van der Waals surface area contributed by atoms with Crippen molar-refractivity contribution in [3.63, 3.8) is 0 Å². The summed E-state index contributed by atoms with van der Waals surface area (Å²) in [6, 6.07) is 4.28. The van der Waals surface area contributed by atoms with Crippen LogP contribution in [0.15, 0.2) is 18.2 Å². The lowest BCUT2D eigenvalue weighted by Crippen LogP contribution is -2.27. The van der Waals surface area contributed by atoms with Crippen LogP contribution in [-0.4, -0.2) is 0 Å². The summed E-state index contributed by atoms with van der Waals surface area (Å²) in [7, 11) is 0. The molecule has 0 spiro atoms. The highest BCUT2D eigenvalue weighted by molar-refractivity contribution is 6.31. The van der Waals surface area contributed by atoms with Gasteiger partial charge in [0.25, 0.3) is 0 Å². The molecule has 0 aromatic heterocycles. The quantitative estimate of drug-likeness (QED) is 0.850. The van der Waals surface area contributed by atoms with Gasteiger partial charge in [-0.15, -0.1) is 12.4 Å². The molecule has 1 aromatic carbocycles. The third-order valence-corrected chi connectivity index (χ3v) is 3.32. The summed E-state index contributed by atoms with van der Waals surface area (Å²) < 4.78 is 13.0. The average molecular weight is 250 g/mol. The Morgan fingerprint density at radius 2 is 2.07 bits per heavy atom. The molecule has 0 unspecified atom stereocenters. The van der Waals surface area contributed by atoms with Gasteiger partial charge in [-0.1, -0.05) is 18.0 Å². The Hall–Kier alpha value is -0.310. The molecule has 1 nitrogen and oxygen atoms in total. The van der Waals surface area contributed by atoms with E-state index in [0.29, 0.717) is 10.9 Å². The fraction of sp³-hybridized carbons (Fsp3) is 0.455. The highest BCUT2D eigenvalue weighted by Crippen LogP contribution is 2.38. The molecule has 2 rings (SSSR count). The van der Waals surface area contributed by atoms with Crippen molar-refractivity contribution in [2.45, 2.75) is 25.3 Å². The van der Waals surface area contributed by atoms with Crippen LogP contribution in [0.1, 0.15) is 30.9 Å². The van der Waals surface area contributed by atoms with E-state index < -0.39 is 0 Å². The smallest absolute Gasteiger partial charge is 0.123 e. The molecule has 1 aliphatic rings. The first-order valence-corrected chi connectivity index (χ1v) is 5.27. The minimum atomic E-state index is -0.265. The molecule has 0 amide bonds. The van der Waals surface area contributed by atoms with E-state index in [1.54, 1.807) is 6.07 Å². The van der Waals surface area contributed by atoms with Gasteiger partial charge in [0.2, 0.25) is 0 Å². The Morgan fingerprint density at radius 1 is 1.40 bits per heavy atom. The molecule has 1 aromatic rings. The lowest BCUT2D eigenvalue weighted by molar-refractivity contribution is 0.264. The average Bonchev–Trinajstić information content (AvgIpc) is 2.06. The Kier molecular flexibility index (Phi) is 4.38. The number of rotatable bonds is 2. The summed E-state index contributed by atoms with van der Waals surface area (Å²) in [6.45, 7) is 0. The van der Waals surface area contributed by atoms with Crippen LogP contribution in [0.25, 0.3) is 0 Å². The number of nitrogens with two attached hydrogens (primary N) is 1. The minimum absolute atomic E-state index is 0. The van der Waals surface area contributed by atoms with Crippen LogP contribution in [0.5, 0.6) is 0 Å². The number of hydrogen-bond donors (Lipinski definition) is 1. The second kappa shape index (κ2) is 5.15. The van der Waals surface area contributed by atoms with Crippen LogP contribution in [0.3, 0.4) is 0 Å². The van der Waals surface area contributed by atoms with Gasteiger partial charge >= 0.3 is 0 Å². The molecule has 84 valence electrons. The van der Waals surface area contributed by atoms with Crippen molar-refractivity contribution in [1.29, 1.82) is 0 Å². The van der Waals surface area contributed by atoms with E-state index in [2.05, 4.69) is 0 Å². The molecule has 0 bridgehead atoms. The van der Waals surface area contributed by atoms with Crippen molar-refractivity contribution < 1.29 is 4.39 Å². The first-order valence-electron chi connectivity index (χ1n) is 4.89. The highest BCUT2D eigenvalue weighted by Gasteiger charge is 2.26. The van der Waals surface area contributed by atoms with Gasteiger partial charge in [-0.25, -0.2) is 4.39 Å². The van der Waals surface area contributed by atoms with E-state index in [9.17, 15) is 4.39 Å². The zero-order valence-electron chi connectivity index (χ0n) is 8.25. The van der Waals surface area contributed by atoms with Crippen LogP contribution in [0.2, 0.25) is 5.02 Å². The summed E-state index contributed by atoms with van der Waals surface area (Å²) >= 11 is 5.97. The summed E-state index contributed by atoms with van der Waals surface area (Å²) in [4.78, 5) is 0. The van der Waals surface area contributed by atoms with Crippen molar-refractivity contribution in [3.05, 3.63) is 34.6 Å². The van der Waals surface area contributed by atoms with Crippen LogP contribution in [0, 0.1) is 11.7 Å². The second-order valence-electron chi connectivity index (χ2n) is 3.88. The van der Waals surface area contributed by atoms with Gasteiger partial charge in [0.15, 0.2) is 0 Å². The molecule has 0 aliphatic heterocycles. The Balaban J connectivity index is 0.00000112. The van der Waals surface area contributed by atoms with Crippen LogP contribution in [0.4, 0.5) is 4.39 Å². The van der Waals surface area contributed by atoms with Gasteiger partial charge in [-0.05, 0) is 42.5 Å². The lowest BCUT2D eigenvalue weighted by atomic mass is 9.77. The van der Waals surface area contributed by atoms with E-state index in [-0.39, 0.29) is 24.3 Å². The van der Waals surface area contributed by atoms with E-state index in [4.69, 9.17) is 17.3 Å². The molecule has 4 heteroatoms. The predicted molar refractivity (Wildman–Crippen MR) is 62.9 cm³/mol. The van der Waals surface area contributed by atoms with Gasteiger partial charge in [0.05, 0.1) is 0 Å². The van der Waals surface area contributed by atoms with Crippen LogP contribution >= 0.6 is 24.0 Å². The number of benzene rings is 1. The van der Waals surface area contributed by atoms with Crippen LogP contribution in [-0.2, 0) is 0 Å². The first-order chi connectivity index (χ1) is 6.68. The summed E-state index contributed by atoms with van der Waals surface area (Å²) in [5, 5.41) is 0.575. The SMILES string of the molecule is Cl.N[C@@H](c1cc(F)ccc1Cl)C1CCC1. The second-order valence-corrected chi connectivity index (χ2v) is 4.29. The van der Waals surface area contributed by atoms with Crippen molar-refractivity contribution in [1.82, 2.24) is 0 Å². The minimum Gasteiger partial charge on any atom is -0.324 e. The molecule has 1 aliphatic carbocycles. The number of halogens is 3. The molecule has 1 atom stereocenters. The number of hydrogen-bond acceptors (Lipinski definition) is 1. The molecule has 1 fully saturated rings. The zero-order valence-corrected chi connectivity index (χ0v) is 9.82. The zero-order chi connectivity index (χ0) is 10.1. The Bertz CT molecular complexity index is 339. The van der Waals surface area contributed by atoms with Crippen molar-refractivity contribution in [2.24, 2.45) is 11.7 Å². The maximum atomic E-state index is 13.0. The summed E-state index contributed by atoms with van der Waals surface area (Å²) in [5.41, 5.74) is 6.77. The van der Waals surface area contributed by atoms with Gasteiger partial charge in [-0.3, -0.25) is 0 Å². The van der Waals surface area contributed by atoms with E-state index >= 15 is 0 Å². The molecular weight excluding hydrogens is 236 g/mol. The van der Waals surface area contributed by atoms with E-state index in [1.807, 2.05) is 0 Å². The fourth-order valence-corrected chi connectivity index (χ4v) is 2.07. The lowest BCUT2D eigenvalue weighted by Gasteiger charge is -2.31. The predicted octanol–water partition coefficient (Wildman–Crippen LogP) is 3.70. The molecule has 0 saturated heterocycles. The van der Waals surface area contributed by atoms with Crippen molar-refractivity contribution >= 4 is 24.0 Å². The molecular formula is C11H14Cl2FN. The van der Waals surface area contributed by atoms with E-state index in [0.717, 1.165) is 18.4 Å². The highest BCUT2D eigenvalue weighted by atomic mass is 35.5. The molecule has 2 N–H and O–H groups in total. The van der Waals surface area contributed by atoms with Gasteiger partial charge in [-0.2, -0.15) is 0 Å². The van der Waals surface area contributed by atoms with Gasteiger partial charge < -0.3 is 5.73 Å². The third kappa shape index (κ3) is 2.63. The summed E-state index contributed by atoms with van der Waals surface area (Å²) in [5.74, 6) is 0.216.